The zero-order valence-electron chi connectivity index (χ0n) is 16.7. The van der Waals surface area contributed by atoms with E-state index < -0.39 is 0 Å². The van der Waals surface area contributed by atoms with Gasteiger partial charge in [-0.2, -0.15) is 0 Å². The third-order valence-electron chi connectivity index (χ3n) is 4.61. The monoisotopic (exact) mass is 388 g/mol. The minimum atomic E-state index is -0.0925. The molecule has 1 heterocycles. The van der Waals surface area contributed by atoms with Crippen LogP contribution in [0.5, 0.6) is 11.5 Å². The second kappa shape index (κ2) is 9.06. The van der Waals surface area contributed by atoms with Gasteiger partial charge in [0, 0.05) is 24.0 Å². The highest BCUT2D eigenvalue weighted by molar-refractivity contribution is 6.07. The largest absolute Gasteiger partial charge is 0.493 e. The number of para-hydroxylation sites is 1. The normalized spacial score (nSPS) is 10.4. The standard InChI is InChI=1S/C24H24N2O3/c1-5-13-26(14-6-2)24(27)19-16-21(25-20-10-8-7-9-18(19)20)17-11-12-22(28-3)23(15-17)29-4/h5-12,15-16H,1-2,13-14H2,3-4H3. The lowest BCUT2D eigenvalue weighted by molar-refractivity contribution is 0.0793. The van der Waals surface area contributed by atoms with Crippen molar-refractivity contribution in [2.45, 2.75) is 0 Å². The summed E-state index contributed by atoms with van der Waals surface area (Å²) in [6.45, 7) is 8.39. The lowest BCUT2D eigenvalue weighted by Crippen LogP contribution is -2.31. The first-order valence-corrected chi connectivity index (χ1v) is 9.26. The number of rotatable bonds is 8. The Balaban J connectivity index is 2.17. The van der Waals surface area contributed by atoms with Gasteiger partial charge >= 0.3 is 0 Å². The maximum Gasteiger partial charge on any atom is 0.255 e. The van der Waals surface area contributed by atoms with Crippen molar-refractivity contribution < 1.29 is 14.3 Å². The van der Waals surface area contributed by atoms with E-state index in [4.69, 9.17) is 14.5 Å². The lowest BCUT2D eigenvalue weighted by atomic mass is 10.0. The zero-order chi connectivity index (χ0) is 20.8. The highest BCUT2D eigenvalue weighted by Crippen LogP contribution is 2.33. The van der Waals surface area contributed by atoms with Crippen LogP contribution in [0.3, 0.4) is 0 Å². The van der Waals surface area contributed by atoms with E-state index in [0.29, 0.717) is 35.8 Å². The number of carbonyl (C=O) groups is 1. The Morgan fingerprint density at radius 3 is 2.34 bits per heavy atom. The van der Waals surface area contributed by atoms with Gasteiger partial charge in [0.25, 0.3) is 5.91 Å². The number of hydrogen-bond acceptors (Lipinski definition) is 4. The van der Waals surface area contributed by atoms with E-state index in [2.05, 4.69) is 13.2 Å². The summed E-state index contributed by atoms with van der Waals surface area (Å²) >= 11 is 0. The van der Waals surface area contributed by atoms with Crippen molar-refractivity contribution in [2.24, 2.45) is 0 Å². The summed E-state index contributed by atoms with van der Waals surface area (Å²) in [6, 6.07) is 15.0. The Bertz CT molecular complexity index is 1050. The number of amides is 1. The molecule has 3 rings (SSSR count). The van der Waals surface area contributed by atoms with Gasteiger partial charge in [-0.15, -0.1) is 13.2 Å². The van der Waals surface area contributed by atoms with Gasteiger partial charge < -0.3 is 14.4 Å². The van der Waals surface area contributed by atoms with Crippen molar-refractivity contribution in [3.63, 3.8) is 0 Å². The van der Waals surface area contributed by atoms with Crippen LogP contribution in [-0.2, 0) is 0 Å². The Hall–Kier alpha value is -3.60. The van der Waals surface area contributed by atoms with Crippen LogP contribution in [0, 0.1) is 0 Å². The number of nitrogens with zero attached hydrogens (tertiary/aromatic N) is 2. The fraction of sp³-hybridized carbons (Fsp3) is 0.167. The summed E-state index contributed by atoms with van der Waals surface area (Å²) < 4.78 is 10.7. The Labute approximate surface area is 170 Å². The SMILES string of the molecule is C=CCN(CC=C)C(=O)c1cc(-c2ccc(OC)c(OC)c2)nc2ccccc12. The molecule has 0 atom stereocenters. The molecule has 0 saturated heterocycles. The van der Waals surface area contributed by atoms with Gasteiger partial charge in [0.05, 0.1) is 31.0 Å². The first-order valence-electron chi connectivity index (χ1n) is 9.26. The summed E-state index contributed by atoms with van der Waals surface area (Å²) in [6.07, 6.45) is 3.42. The Morgan fingerprint density at radius 2 is 1.69 bits per heavy atom. The quantitative estimate of drug-likeness (QED) is 0.523. The molecule has 1 aromatic heterocycles. The second-order valence-corrected chi connectivity index (χ2v) is 6.43. The van der Waals surface area contributed by atoms with E-state index in [1.54, 1.807) is 31.3 Å². The van der Waals surface area contributed by atoms with E-state index in [1.165, 1.54) is 0 Å². The molecule has 1 amide bonds. The van der Waals surface area contributed by atoms with E-state index in [9.17, 15) is 4.79 Å². The van der Waals surface area contributed by atoms with Crippen LogP contribution < -0.4 is 9.47 Å². The number of pyridine rings is 1. The minimum Gasteiger partial charge on any atom is -0.493 e. The average molecular weight is 388 g/mol. The number of fused-ring (bicyclic) bond motifs is 1. The van der Waals surface area contributed by atoms with Crippen LogP contribution in [-0.4, -0.2) is 43.1 Å². The summed E-state index contributed by atoms with van der Waals surface area (Å²) in [5.41, 5.74) is 2.86. The van der Waals surface area contributed by atoms with Crippen LogP contribution in [0.2, 0.25) is 0 Å². The fourth-order valence-corrected chi connectivity index (χ4v) is 3.22. The van der Waals surface area contributed by atoms with E-state index in [0.717, 1.165) is 16.5 Å². The number of carbonyl (C=O) groups excluding carboxylic acids is 1. The predicted octanol–water partition coefficient (Wildman–Crippen LogP) is 4.73. The molecule has 148 valence electrons. The molecular formula is C24H24N2O3. The van der Waals surface area contributed by atoms with Crippen molar-refractivity contribution >= 4 is 16.8 Å². The van der Waals surface area contributed by atoms with Gasteiger partial charge in [-0.1, -0.05) is 30.4 Å². The second-order valence-electron chi connectivity index (χ2n) is 6.43. The van der Waals surface area contributed by atoms with Gasteiger partial charge in [0.2, 0.25) is 0 Å². The molecule has 5 nitrogen and oxygen atoms in total. The fourth-order valence-electron chi connectivity index (χ4n) is 3.22. The molecule has 0 aliphatic rings. The van der Waals surface area contributed by atoms with Crippen LogP contribution in [0.4, 0.5) is 0 Å². The van der Waals surface area contributed by atoms with E-state index in [1.807, 2.05) is 48.5 Å². The van der Waals surface area contributed by atoms with Crippen molar-refractivity contribution in [1.29, 1.82) is 0 Å². The summed E-state index contributed by atoms with van der Waals surface area (Å²) in [5, 5.41) is 0.805. The highest BCUT2D eigenvalue weighted by Gasteiger charge is 2.19. The highest BCUT2D eigenvalue weighted by atomic mass is 16.5. The third kappa shape index (κ3) is 4.14. The van der Waals surface area contributed by atoms with Crippen LogP contribution in [0.1, 0.15) is 10.4 Å². The van der Waals surface area contributed by atoms with Crippen LogP contribution >= 0.6 is 0 Å². The summed E-state index contributed by atoms with van der Waals surface area (Å²) in [7, 11) is 3.18. The van der Waals surface area contributed by atoms with Crippen LogP contribution in [0.25, 0.3) is 22.2 Å². The van der Waals surface area contributed by atoms with Crippen molar-refractivity contribution in [3.05, 3.63) is 79.4 Å². The third-order valence-corrected chi connectivity index (χ3v) is 4.61. The Morgan fingerprint density at radius 1 is 1.00 bits per heavy atom. The molecule has 0 aliphatic heterocycles. The molecule has 0 aliphatic carbocycles. The molecule has 0 bridgehead atoms. The average Bonchev–Trinajstić information content (AvgIpc) is 2.77. The molecule has 0 unspecified atom stereocenters. The number of benzene rings is 2. The molecule has 0 fully saturated rings. The minimum absolute atomic E-state index is 0.0925. The molecule has 3 aromatic rings. The van der Waals surface area contributed by atoms with E-state index >= 15 is 0 Å². The first-order chi connectivity index (χ1) is 14.1. The van der Waals surface area contributed by atoms with Gasteiger partial charge in [-0.05, 0) is 30.3 Å². The van der Waals surface area contributed by atoms with Crippen molar-refractivity contribution in [2.75, 3.05) is 27.3 Å². The first kappa shape index (κ1) is 20.1. The van der Waals surface area contributed by atoms with Crippen molar-refractivity contribution in [1.82, 2.24) is 9.88 Å². The maximum absolute atomic E-state index is 13.3. The molecule has 0 spiro atoms. The van der Waals surface area contributed by atoms with Gasteiger partial charge in [-0.3, -0.25) is 4.79 Å². The van der Waals surface area contributed by atoms with Crippen LogP contribution in [0.15, 0.2) is 73.8 Å². The molecule has 0 saturated carbocycles. The van der Waals surface area contributed by atoms with Gasteiger partial charge in [-0.25, -0.2) is 4.98 Å². The topological polar surface area (TPSA) is 51.7 Å². The van der Waals surface area contributed by atoms with Gasteiger partial charge in [0.1, 0.15) is 0 Å². The number of aromatic nitrogens is 1. The number of methoxy groups -OCH3 is 2. The summed E-state index contributed by atoms with van der Waals surface area (Å²) in [4.78, 5) is 19.8. The smallest absolute Gasteiger partial charge is 0.255 e. The molecule has 0 N–H and O–H groups in total. The maximum atomic E-state index is 13.3. The molecule has 0 radical (unpaired) electrons. The van der Waals surface area contributed by atoms with E-state index in [-0.39, 0.29) is 5.91 Å². The molecule has 5 heteroatoms. The molecular weight excluding hydrogens is 364 g/mol. The van der Waals surface area contributed by atoms with Crippen molar-refractivity contribution in [3.8, 4) is 22.8 Å². The number of hydrogen-bond donors (Lipinski definition) is 0. The number of ether oxygens (including phenoxy) is 2. The predicted molar refractivity (Wildman–Crippen MR) is 117 cm³/mol. The molecule has 29 heavy (non-hydrogen) atoms. The Kier molecular flexibility index (Phi) is 6.29. The molecule has 2 aromatic carbocycles. The zero-order valence-corrected chi connectivity index (χ0v) is 16.7. The lowest BCUT2D eigenvalue weighted by Gasteiger charge is -2.21. The summed E-state index contributed by atoms with van der Waals surface area (Å²) in [5.74, 6) is 1.15. The van der Waals surface area contributed by atoms with Gasteiger partial charge in [0.15, 0.2) is 11.5 Å².